The third-order valence-corrected chi connectivity index (χ3v) is 17.0. The van der Waals surface area contributed by atoms with E-state index >= 15 is 0 Å². The van der Waals surface area contributed by atoms with E-state index in [0.717, 1.165) is 12.0 Å². The lowest BCUT2D eigenvalue weighted by atomic mass is 9.41. The van der Waals surface area contributed by atoms with E-state index in [1.54, 1.807) is 0 Å². The molecule has 26 atom stereocenters. The number of carbonyl (C=O) groups excluding carboxylic acids is 1. The van der Waals surface area contributed by atoms with Gasteiger partial charge in [0.1, 0.15) is 91.6 Å². The van der Waals surface area contributed by atoms with Crippen LogP contribution in [0.15, 0.2) is 12.2 Å². The summed E-state index contributed by atoms with van der Waals surface area (Å²) in [7, 11) is 0. The van der Waals surface area contributed by atoms with Crippen LogP contribution in [0.2, 0.25) is 0 Å². The molecule has 0 aromatic carbocycles. The second-order valence-corrected chi connectivity index (χ2v) is 20.8. The first-order valence-corrected chi connectivity index (χ1v) is 23.2. The number of esters is 1. The van der Waals surface area contributed by atoms with Gasteiger partial charge in [0, 0.05) is 0 Å². The van der Waals surface area contributed by atoms with E-state index in [0.29, 0.717) is 51.4 Å². The fourth-order valence-electron chi connectivity index (χ4n) is 13.4. The average Bonchev–Trinajstić information content (AvgIpc) is 3.48. The van der Waals surface area contributed by atoms with Crippen LogP contribution < -0.4 is 0 Å². The van der Waals surface area contributed by atoms with Gasteiger partial charge < -0.3 is 104 Å². The van der Waals surface area contributed by atoms with Gasteiger partial charge in [-0.2, -0.15) is 0 Å². The molecule has 4 aliphatic heterocycles. The molecule has 1 unspecified atom stereocenters. The molecule has 8 fully saturated rings. The SMILES string of the molecule is C=C1C[C@@]23CC[C@H]4[C@@](C)(CCC[C@@]4(C)C(=O)O[C@@H]4O[C@H](CO)[C@@H](O)[C@H](O)[C@H]4O)[C@@H]2CCC1(O[C@@H]1O[C@H](CO)[C@@H](O)[C@H](O[C@@H]2O[C@H](CO)[C@@H](O)[C@H](O)[C@H]2O)[C@H]1O[C@@H]1O[C@@H](C)[C@H](O)[C@@H](O)[C@H]1O)C3. The summed E-state index contributed by atoms with van der Waals surface area (Å²) in [5, 5.41) is 137. The number of hydrogen-bond donors (Lipinski definition) is 13. The normalized spacial score (nSPS) is 55.2. The molecular formula is C44H70O22. The maximum Gasteiger partial charge on any atom is 0.314 e. The highest BCUT2D eigenvalue weighted by Gasteiger charge is 2.70. The van der Waals surface area contributed by atoms with Crippen molar-refractivity contribution in [2.24, 2.45) is 28.1 Å². The Morgan fingerprint density at radius 1 is 0.606 bits per heavy atom. The van der Waals surface area contributed by atoms with Gasteiger partial charge in [0.15, 0.2) is 18.9 Å². The van der Waals surface area contributed by atoms with Gasteiger partial charge in [-0.1, -0.05) is 19.9 Å². The van der Waals surface area contributed by atoms with Crippen molar-refractivity contribution in [3.63, 3.8) is 0 Å². The first-order chi connectivity index (χ1) is 31.1. The van der Waals surface area contributed by atoms with Crippen molar-refractivity contribution in [2.75, 3.05) is 19.8 Å². The largest absolute Gasteiger partial charge is 0.432 e. The van der Waals surface area contributed by atoms with Crippen molar-refractivity contribution in [3.8, 4) is 0 Å². The van der Waals surface area contributed by atoms with Gasteiger partial charge in [-0.05, 0) is 93.5 Å². The van der Waals surface area contributed by atoms with Crippen molar-refractivity contribution in [1.82, 2.24) is 0 Å². The van der Waals surface area contributed by atoms with Gasteiger partial charge in [-0.15, -0.1) is 0 Å². The maximum absolute atomic E-state index is 14.3. The summed E-state index contributed by atoms with van der Waals surface area (Å²) in [5.41, 5.74) is -2.19. The monoisotopic (exact) mass is 950 g/mol. The number of fused-ring (bicyclic) bond motifs is 3. The molecule has 0 amide bonds. The molecule has 22 heteroatoms. The summed E-state index contributed by atoms with van der Waals surface area (Å²) < 4.78 is 48.4. The van der Waals surface area contributed by atoms with E-state index in [1.807, 2.05) is 6.92 Å². The van der Waals surface area contributed by atoms with Crippen LogP contribution in [-0.2, 0) is 42.7 Å². The molecule has 13 N–H and O–H groups in total. The minimum absolute atomic E-state index is 0.0493. The molecule has 378 valence electrons. The number of aliphatic hydroxyl groups excluding tert-OH is 13. The fraction of sp³-hybridized carbons (Fsp3) is 0.932. The molecule has 0 aromatic heterocycles. The zero-order valence-electron chi connectivity index (χ0n) is 37.4. The third-order valence-electron chi connectivity index (χ3n) is 17.0. The van der Waals surface area contributed by atoms with Gasteiger partial charge in [-0.25, -0.2) is 0 Å². The molecular weight excluding hydrogens is 880 g/mol. The van der Waals surface area contributed by atoms with Crippen LogP contribution >= 0.6 is 0 Å². The molecule has 4 saturated heterocycles. The predicted octanol–water partition coefficient (Wildman–Crippen LogP) is -4.09. The maximum atomic E-state index is 14.3. The van der Waals surface area contributed by atoms with Crippen molar-refractivity contribution in [3.05, 3.63) is 12.2 Å². The van der Waals surface area contributed by atoms with Crippen molar-refractivity contribution in [1.29, 1.82) is 0 Å². The van der Waals surface area contributed by atoms with Crippen molar-refractivity contribution < 1.29 is 109 Å². The van der Waals surface area contributed by atoms with Crippen LogP contribution in [0.3, 0.4) is 0 Å². The van der Waals surface area contributed by atoms with Crippen molar-refractivity contribution >= 4 is 5.97 Å². The Bertz CT molecular complexity index is 1740. The first kappa shape index (κ1) is 50.8. The lowest BCUT2D eigenvalue weighted by Gasteiger charge is -2.64. The second-order valence-electron chi connectivity index (χ2n) is 20.8. The van der Waals surface area contributed by atoms with Crippen molar-refractivity contribution in [2.45, 2.75) is 207 Å². The number of rotatable bonds is 11. The van der Waals surface area contributed by atoms with Crippen LogP contribution in [0.1, 0.15) is 78.6 Å². The standard InChI is InChI=1S/C44H70O22/c1-17-12-43-10-6-22-41(3,8-5-9-42(22,4)40(58)65-38-33(57)30(54)26(50)20(14-46)61-38)23(43)7-11-44(17,16-43)66-39-35(64-36-31(55)28(52)24(48)18(2)59-36)34(27(51)21(15-47)62-39)63-37-32(56)29(53)25(49)19(13-45)60-37/h18-39,45-57H,1,5-16H2,2-4H3/t18-,19+,20+,21+,22-,23-,24-,25+,26+,27+,28+,29-,30-,31+,32+,33+,34-,35+,36-,37-,38-,39-,41+,42+,43+,44?/m0/s1. The van der Waals surface area contributed by atoms with Crippen LogP contribution in [0, 0.1) is 28.1 Å². The molecule has 0 aromatic rings. The molecule has 2 bridgehead atoms. The van der Waals surface area contributed by atoms with Crippen LogP contribution in [0.25, 0.3) is 0 Å². The Morgan fingerprint density at radius 3 is 1.74 bits per heavy atom. The zero-order valence-corrected chi connectivity index (χ0v) is 37.4. The van der Waals surface area contributed by atoms with Crippen LogP contribution in [0.5, 0.6) is 0 Å². The highest BCUT2D eigenvalue weighted by molar-refractivity contribution is 5.77. The quantitative estimate of drug-likeness (QED) is 0.0532. The van der Waals surface area contributed by atoms with Gasteiger partial charge in [0.05, 0.1) is 36.9 Å². The molecule has 22 nitrogen and oxygen atoms in total. The van der Waals surface area contributed by atoms with E-state index < -0.39 is 165 Å². The first-order valence-electron chi connectivity index (χ1n) is 23.2. The minimum atomic E-state index is -1.92. The molecule has 4 saturated carbocycles. The Labute approximate surface area is 381 Å². The summed E-state index contributed by atoms with van der Waals surface area (Å²) in [5.74, 6) is -0.750. The number of hydrogen-bond acceptors (Lipinski definition) is 22. The molecule has 8 rings (SSSR count). The van der Waals surface area contributed by atoms with Gasteiger partial charge >= 0.3 is 5.97 Å². The fourth-order valence-corrected chi connectivity index (χ4v) is 13.4. The molecule has 4 aliphatic carbocycles. The highest BCUT2D eigenvalue weighted by atomic mass is 16.8. The molecule has 0 radical (unpaired) electrons. The Morgan fingerprint density at radius 2 is 1.12 bits per heavy atom. The minimum Gasteiger partial charge on any atom is -0.432 e. The summed E-state index contributed by atoms with van der Waals surface area (Å²) in [4.78, 5) is 14.3. The summed E-state index contributed by atoms with van der Waals surface area (Å²) in [6.07, 6.45) is -27.4. The highest BCUT2D eigenvalue weighted by Crippen LogP contribution is 2.73. The number of carbonyl (C=O) groups is 1. The Balaban J connectivity index is 1.06. The van der Waals surface area contributed by atoms with E-state index in [-0.39, 0.29) is 17.3 Å². The van der Waals surface area contributed by atoms with Crippen LogP contribution in [-0.4, -0.2) is 221 Å². The second kappa shape index (κ2) is 18.9. The number of aliphatic hydroxyl groups is 13. The zero-order chi connectivity index (χ0) is 48.0. The van der Waals surface area contributed by atoms with E-state index in [2.05, 4.69) is 13.5 Å². The Hall–Kier alpha value is -1.59. The van der Waals surface area contributed by atoms with Gasteiger partial charge in [0.2, 0.25) is 6.29 Å². The average molecular weight is 951 g/mol. The molecule has 1 spiro atoms. The lowest BCUT2D eigenvalue weighted by molar-refractivity contribution is -0.398. The van der Waals surface area contributed by atoms with E-state index in [4.69, 9.17) is 37.9 Å². The molecule has 4 heterocycles. The topological polar surface area (TPSA) is 354 Å². The van der Waals surface area contributed by atoms with E-state index in [9.17, 15) is 71.2 Å². The summed E-state index contributed by atoms with van der Waals surface area (Å²) in [6, 6.07) is 0. The number of ether oxygens (including phenoxy) is 8. The smallest absolute Gasteiger partial charge is 0.314 e. The lowest BCUT2D eigenvalue weighted by Crippen LogP contribution is -2.67. The molecule has 8 aliphatic rings. The molecule has 66 heavy (non-hydrogen) atoms. The summed E-state index contributed by atoms with van der Waals surface area (Å²) in [6.45, 7) is 7.77. The summed E-state index contributed by atoms with van der Waals surface area (Å²) >= 11 is 0. The van der Waals surface area contributed by atoms with Gasteiger partial charge in [-0.3, -0.25) is 4.79 Å². The van der Waals surface area contributed by atoms with E-state index in [1.165, 1.54) is 6.92 Å². The third kappa shape index (κ3) is 8.30. The van der Waals surface area contributed by atoms with Crippen LogP contribution in [0.4, 0.5) is 0 Å². The Kier molecular flexibility index (Phi) is 14.5. The van der Waals surface area contributed by atoms with Gasteiger partial charge in [0.25, 0.3) is 0 Å². The predicted molar refractivity (Wildman–Crippen MR) is 218 cm³/mol.